The Morgan fingerprint density at radius 3 is 2.12 bits per heavy atom. The van der Waals surface area contributed by atoms with Gasteiger partial charge in [-0.1, -0.05) is 61.9 Å². The molecule has 0 heterocycles. The second-order valence-electron chi connectivity index (χ2n) is 8.84. The number of carboxylic acids is 1. The van der Waals surface area contributed by atoms with Crippen molar-refractivity contribution >= 4 is 18.0 Å². The van der Waals surface area contributed by atoms with Crippen molar-refractivity contribution in [2.45, 2.75) is 57.0 Å². The van der Waals surface area contributed by atoms with E-state index in [1.165, 1.54) is 0 Å². The van der Waals surface area contributed by atoms with E-state index in [-0.39, 0.29) is 36.8 Å². The van der Waals surface area contributed by atoms with Gasteiger partial charge >= 0.3 is 12.1 Å². The van der Waals surface area contributed by atoms with Crippen molar-refractivity contribution in [1.29, 1.82) is 0 Å². The van der Waals surface area contributed by atoms with Crippen molar-refractivity contribution in [2.24, 2.45) is 5.92 Å². The van der Waals surface area contributed by atoms with Crippen LogP contribution in [-0.2, 0) is 14.3 Å². The summed E-state index contributed by atoms with van der Waals surface area (Å²) in [4.78, 5) is 36.3. The average molecular weight is 451 g/mol. The lowest BCUT2D eigenvalue weighted by atomic mass is 9.78. The zero-order valence-electron chi connectivity index (χ0n) is 18.8. The van der Waals surface area contributed by atoms with Crippen LogP contribution in [0.3, 0.4) is 0 Å². The van der Waals surface area contributed by atoms with E-state index in [4.69, 9.17) is 4.74 Å². The van der Waals surface area contributed by atoms with Gasteiger partial charge in [-0.15, -0.1) is 0 Å². The Balaban J connectivity index is 1.37. The quantitative estimate of drug-likeness (QED) is 0.534. The zero-order valence-corrected chi connectivity index (χ0v) is 18.8. The lowest BCUT2D eigenvalue weighted by Gasteiger charge is -2.34. The smallest absolute Gasteiger partial charge is 0.407 e. The van der Waals surface area contributed by atoms with Crippen LogP contribution in [0.25, 0.3) is 11.1 Å². The van der Waals surface area contributed by atoms with Crippen LogP contribution < -0.4 is 10.6 Å². The number of aliphatic carboxylic acids is 1. The Kier molecular flexibility index (Phi) is 6.96. The van der Waals surface area contributed by atoms with Gasteiger partial charge in [0.1, 0.15) is 12.6 Å². The zero-order chi connectivity index (χ0) is 23.4. The molecule has 1 fully saturated rings. The predicted octanol–water partition coefficient (Wildman–Crippen LogP) is 4.06. The Hall–Kier alpha value is -3.35. The highest BCUT2D eigenvalue weighted by molar-refractivity contribution is 5.84. The molecule has 3 N–H and O–H groups in total. The van der Waals surface area contributed by atoms with Gasteiger partial charge in [-0.2, -0.15) is 0 Å². The fourth-order valence-electron chi connectivity index (χ4n) is 4.76. The number of hydrogen-bond donors (Lipinski definition) is 3. The van der Waals surface area contributed by atoms with Gasteiger partial charge < -0.3 is 20.5 Å². The Bertz CT molecular complexity index is 987. The SMILES string of the molecule is CCC(NC(=O)CC(NC(=O)OCC1c2ccccc2-c2ccccc21)C1CCC1)C(=O)O. The monoisotopic (exact) mass is 450 g/mol. The van der Waals surface area contributed by atoms with Gasteiger partial charge in [0.05, 0.1) is 0 Å². The minimum absolute atomic E-state index is 0.0329. The molecule has 7 nitrogen and oxygen atoms in total. The summed E-state index contributed by atoms with van der Waals surface area (Å²) in [5, 5.41) is 14.6. The number of carbonyl (C=O) groups excluding carboxylic acids is 2. The maximum Gasteiger partial charge on any atom is 0.407 e. The van der Waals surface area contributed by atoms with E-state index < -0.39 is 18.1 Å². The molecule has 0 spiro atoms. The van der Waals surface area contributed by atoms with Crippen molar-refractivity contribution in [1.82, 2.24) is 10.6 Å². The van der Waals surface area contributed by atoms with Crippen LogP contribution in [0.4, 0.5) is 4.79 Å². The Morgan fingerprint density at radius 2 is 1.61 bits per heavy atom. The third kappa shape index (κ3) is 5.02. The molecule has 33 heavy (non-hydrogen) atoms. The van der Waals surface area contributed by atoms with E-state index in [0.717, 1.165) is 41.5 Å². The lowest BCUT2D eigenvalue weighted by Crippen LogP contribution is -2.48. The van der Waals surface area contributed by atoms with Crippen LogP contribution >= 0.6 is 0 Å². The average Bonchev–Trinajstić information content (AvgIpc) is 3.08. The van der Waals surface area contributed by atoms with Crippen LogP contribution in [0.2, 0.25) is 0 Å². The number of hydrogen-bond acceptors (Lipinski definition) is 4. The van der Waals surface area contributed by atoms with Gasteiger partial charge in [0.25, 0.3) is 0 Å². The van der Waals surface area contributed by atoms with Crippen molar-refractivity contribution in [2.75, 3.05) is 6.61 Å². The van der Waals surface area contributed by atoms with Crippen molar-refractivity contribution in [3.05, 3.63) is 59.7 Å². The second kappa shape index (κ2) is 10.1. The van der Waals surface area contributed by atoms with Gasteiger partial charge in [-0.3, -0.25) is 4.79 Å². The van der Waals surface area contributed by atoms with E-state index in [2.05, 4.69) is 34.9 Å². The maximum atomic E-state index is 12.7. The first-order valence-corrected chi connectivity index (χ1v) is 11.6. The van der Waals surface area contributed by atoms with E-state index in [1.54, 1.807) is 6.92 Å². The Labute approximate surface area is 193 Å². The molecule has 2 aromatic rings. The largest absolute Gasteiger partial charge is 0.480 e. The van der Waals surface area contributed by atoms with E-state index >= 15 is 0 Å². The molecule has 0 radical (unpaired) electrons. The molecule has 2 unspecified atom stereocenters. The normalized spacial score (nSPS) is 16.6. The van der Waals surface area contributed by atoms with E-state index in [9.17, 15) is 19.5 Å². The minimum atomic E-state index is -1.06. The van der Waals surface area contributed by atoms with Crippen LogP contribution in [0.15, 0.2) is 48.5 Å². The summed E-state index contributed by atoms with van der Waals surface area (Å²) < 4.78 is 5.64. The molecule has 0 aromatic heterocycles. The van der Waals surface area contributed by atoms with Crippen LogP contribution in [0, 0.1) is 5.92 Å². The summed E-state index contributed by atoms with van der Waals surface area (Å²) in [6, 6.07) is 15.0. The standard InChI is InChI=1S/C26H30N2O5/c1-2-22(25(30)31)27-24(29)14-23(16-8-7-9-16)28-26(32)33-15-21-19-12-5-3-10-17(19)18-11-4-6-13-20(18)21/h3-6,10-13,16,21-23H,2,7-9,14-15H2,1H3,(H,27,29)(H,28,32)(H,30,31). The van der Waals surface area contributed by atoms with Crippen LogP contribution in [0.1, 0.15) is 56.1 Å². The molecule has 0 bridgehead atoms. The van der Waals surface area contributed by atoms with E-state index in [1.807, 2.05) is 24.3 Å². The second-order valence-corrected chi connectivity index (χ2v) is 8.84. The third-order valence-corrected chi connectivity index (χ3v) is 6.81. The van der Waals surface area contributed by atoms with Gasteiger partial charge in [-0.25, -0.2) is 9.59 Å². The summed E-state index contributed by atoms with van der Waals surface area (Å²) in [5.74, 6) is -1.27. The molecular formula is C26H30N2O5. The van der Waals surface area contributed by atoms with Gasteiger partial charge in [0.2, 0.25) is 5.91 Å². The number of alkyl carbamates (subject to hydrolysis) is 1. The number of carbonyl (C=O) groups is 3. The van der Waals surface area contributed by atoms with Crippen LogP contribution in [-0.4, -0.2) is 41.8 Å². The van der Waals surface area contributed by atoms with E-state index in [0.29, 0.717) is 6.42 Å². The number of benzene rings is 2. The Morgan fingerprint density at radius 1 is 1.00 bits per heavy atom. The number of fused-ring (bicyclic) bond motifs is 3. The molecule has 2 aromatic carbocycles. The predicted molar refractivity (Wildman–Crippen MR) is 124 cm³/mol. The van der Waals surface area contributed by atoms with Crippen molar-refractivity contribution in [3.8, 4) is 11.1 Å². The fourth-order valence-corrected chi connectivity index (χ4v) is 4.76. The number of carboxylic acid groups (broad SMARTS) is 1. The molecule has 0 aliphatic heterocycles. The molecule has 174 valence electrons. The molecule has 1 saturated carbocycles. The lowest BCUT2D eigenvalue weighted by molar-refractivity contribution is -0.142. The van der Waals surface area contributed by atoms with Crippen molar-refractivity contribution < 1.29 is 24.2 Å². The van der Waals surface area contributed by atoms with Gasteiger partial charge in [0.15, 0.2) is 0 Å². The highest BCUT2D eigenvalue weighted by Gasteiger charge is 2.33. The number of amides is 2. The van der Waals surface area contributed by atoms with Gasteiger partial charge in [-0.05, 0) is 47.4 Å². The maximum absolute atomic E-state index is 12.7. The first kappa shape index (κ1) is 22.8. The summed E-state index contributed by atoms with van der Waals surface area (Å²) in [6.07, 6.45) is 2.71. The number of rotatable bonds is 9. The molecular weight excluding hydrogens is 420 g/mol. The minimum Gasteiger partial charge on any atom is -0.480 e. The number of ether oxygens (including phenoxy) is 1. The molecule has 2 aliphatic rings. The topological polar surface area (TPSA) is 105 Å². The summed E-state index contributed by atoms with van der Waals surface area (Å²) >= 11 is 0. The first-order valence-electron chi connectivity index (χ1n) is 11.6. The third-order valence-electron chi connectivity index (χ3n) is 6.81. The van der Waals surface area contributed by atoms with Gasteiger partial charge in [0, 0.05) is 18.4 Å². The molecule has 2 aliphatic carbocycles. The summed E-state index contributed by atoms with van der Waals surface area (Å²) in [6.45, 7) is 1.91. The summed E-state index contributed by atoms with van der Waals surface area (Å²) in [5.41, 5.74) is 4.60. The highest BCUT2D eigenvalue weighted by Crippen LogP contribution is 2.44. The highest BCUT2D eigenvalue weighted by atomic mass is 16.5. The first-order chi connectivity index (χ1) is 16.0. The molecule has 4 rings (SSSR count). The fraction of sp³-hybridized carbons (Fsp3) is 0.423. The van der Waals surface area contributed by atoms with Crippen molar-refractivity contribution in [3.63, 3.8) is 0 Å². The van der Waals surface area contributed by atoms with Crippen LogP contribution in [0.5, 0.6) is 0 Å². The number of nitrogens with one attached hydrogen (secondary N) is 2. The molecule has 2 amide bonds. The summed E-state index contributed by atoms with van der Waals surface area (Å²) in [7, 11) is 0. The molecule has 2 atom stereocenters. The molecule has 7 heteroatoms. The molecule has 0 saturated heterocycles.